The van der Waals surface area contributed by atoms with Gasteiger partial charge in [0.25, 0.3) is 0 Å². The van der Waals surface area contributed by atoms with Crippen LogP contribution in [0.25, 0.3) is 11.3 Å². The predicted molar refractivity (Wildman–Crippen MR) is 109 cm³/mol. The second-order valence-electron chi connectivity index (χ2n) is 6.51. The third-order valence-corrected chi connectivity index (χ3v) is 4.35. The van der Waals surface area contributed by atoms with Crippen LogP contribution in [0, 0.1) is 5.92 Å². The van der Waals surface area contributed by atoms with E-state index >= 15 is 0 Å². The normalized spacial score (nSPS) is 12.0. The third-order valence-electron chi connectivity index (χ3n) is 4.12. The van der Waals surface area contributed by atoms with Gasteiger partial charge in [0, 0.05) is 34.7 Å². The van der Waals surface area contributed by atoms with Gasteiger partial charge in [-0.3, -0.25) is 4.98 Å². The zero-order valence-corrected chi connectivity index (χ0v) is 16.0. The largest absolute Gasteiger partial charge is 0.394 e. The summed E-state index contributed by atoms with van der Waals surface area (Å²) in [4.78, 5) is 13.2. The molecule has 27 heavy (non-hydrogen) atoms. The average molecular weight is 384 g/mol. The number of hydrogen-bond donors (Lipinski definition) is 3. The van der Waals surface area contributed by atoms with Crippen molar-refractivity contribution in [2.24, 2.45) is 5.92 Å². The Kier molecular flexibility index (Phi) is 6.21. The predicted octanol–water partition coefficient (Wildman–Crippen LogP) is 4.36. The molecule has 0 unspecified atom stereocenters. The molecule has 0 aliphatic heterocycles. The zero-order valence-electron chi connectivity index (χ0n) is 15.2. The summed E-state index contributed by atoms with van der Waals surface area (Å²) in [6, 6.07) is 12.9. The van der Waals surface area contributed by atoms with Crippen LogP contribution in [-0.2, 0) is 0 Å². The van der Waals surface area contributed by atoms with Gasteiger partial charge in [-0.2, -0.15) is 4.98 Å². The number of nitrogens with one attached hydrogen (secondary N) is 2. The van der Waals surface area contributed by atoms with E-state index in [1.165, 1.54) is 0 Å². The number of aliphatic hydroxyl groups excluding tert-OH is 1. The van der Waals surface area contributed by atoms with Gasteiger partial charge in [-0.1, -0.05) is 31.5 Å². The van der Waals surface area contributed by atoms with Crippen molar-refractivity contribution in [3.8, 4) is 11.3 Å². The molecule has 1 atom stereocenters. The van der Waals surface area contributed by atoms with Crippen LogP contribution in [0.2, 0.25) is 5.02 Å². The minimum absolute atomic E-state index is 0.00241. The molecular weight excluding hydrogens is 362 g/mol. The van der Waals surface area contributed by atoms with Gasteiger partial charge in [0.05, 0.1) is 18.3 Å². The Morgan fingerprint density at radius 2 is 1.85 bits per heavy atom. The number of hydrogen-bond acceptors (Lipinski definition) is 6. The first-order chi connectivity index (χ1) is 13.0. The minimum Gasteiger partial charge on any atom is -0.394 e. The van der Waals surface area contributed by atoms with Crippen molar-refractivity contribution in [1.29, 1.82) is 0 Å². The number of rotatable bonds is 7. The van der Waals surface area contributed by atoms with Crippen LogP contribution in [0.5, 0.6) is 0 Å². The SMILES string of the molecule is CC(C)[C@@H](CO)Nc1nc(Nc2cccc(Cl)c2)cc(-c2ccncc2)n1. The van der Waals surface area contributed by atoms with E-state index in [1.807, 2.05) is 56.3 Å². The molecule has 140 valence electrons. The number of aliphatic hydroxyl groups is 1. The van der Waals surface area contributed by atoms with E-state index in [1.54, 1.807) is 12.4 Å². The lowest BCUT2D eigenvalue weighted by Crippen LogP contribution is -2.30. The molecule has 3 N–H and O–H groups in total. The number of anilines is 3. The molecular formula is C20H22ClN5O. The first-order valence-corrected chi connectivity index (χ1v) is 9.12. The fraction of sp³-hybridized carbons (Fsp3) is 0.250. The summed E-state index contributed by atoms with van der Waals surface area (Å²) in [5.74, 6) is 1.30. The highest BCUT2D eigenvalue weighted by atomic mass is 35.5. The van der Waals surface area contributed by atoms with E-state index in [4.69, 9.17) is 11.6 Å². The number of pyridine rings is 1. The van der Waals surface area contributed by atoms with E-state index in [2.05, 4.69) is 25.6 Å². The van der Waals surface area contributed by atoms with Gasteiger partial charge >= 0.3 is 0 Å². The van der Waals surface area contributed by atoms with Crippen molar-refractivity contribution in [3.05, 3.63) is 59.9 Å². The summed E-state index contributed by atoms with van der Waals surface area (Å²) in [5, 5.41) is 16.7. The topological polar surface area (TPSA) is 83.0 Å². The Hall–Kier alpha value is -2.70. The van der Waals surface area contributed by atoms with Crippen LogP contribution < -0.4 is 10.6 Å². The summed E-state index contributed by atoms with van der Waals surface area (Å²) in [5.41, 5.74) is 2.50. The van der Waals surface area contributed by atoms with E-state index in [9.17, 15) is 5.11 Å². The molecule has 0 radical (unpaired) electrons. The van der Waals surface area contributed by atoms with Gasteiger partial charge in [-0.25, -0.2) is 4.98 Å². The van der Waals surface area contributed by atoms with Crippen molar-refractivity contribution in [1.82, 2.24) is 15.0 Å². The van der Waals surface area contributed by atoms with Crippen LogP contribution in [-0.4, -0.2) is 32.7 Å². The molecule has 0 aliphatic carbocycles. The monoisotopic (exact) mass is 383 g/mol. The minimum atomic E-state index is -0.142. The van der Waals surface area contributed by atoms with Crippen molar-refractivity contribution < 1.29 is 5.11 Å². The maximum atomic E-state index is 9.62. The van der Waals surface area contributed by atoms with Crippen LogP contribution in [0.4, 0.5) is 17.5 Å². The number of halogens is 1. The standard InChI is InChI=1S/C20H22ClN5O/c1-13(2)18(12-27)25-20-24-17(14-6-8-22-9-7-14)11-19(26-20)23-16-5-3-4-15(21)10-16/h3-11,13,18,27H,12H2,1-2H3,(H2,23,24,25,26)/t18-/m1/s1. The van der Waals surface area contributed by atoms with Gasteiger partial charge in [0.2, 0.25) is 5.95 Å². The lowest BCUT2D eigenvalue weighted by atomic mass is 10.1. The molecule has 0 fully saturated rings. The quantitative estimate of drug-likeness (QED) is 0.562. The Morgan fingerprint density at radius 1 is 1.07 bits per heavy atom. The molecule has 6 nitrogen and oxygen atoms in total. The highest BCUT2D eigenvalue weighted by molar-refractivity contribution is 6.30. The van der Waals surface area contributed by atoms with Gasteiger partial charge < -0.3 is 15.7 Å². The second-order valence-corrected chi connectivity index (χ2v) is 6.95. The van der Waals surface area contributed by atoms with E-state index < -0.39 is 0 Å². The van der Waals surface area contributed by atoms with Crippen molar-refractivity contribution in [3.63, 3.8) is 0 Å². The smallest absolute Gasteiger partial charge is 0.225 e. The molecule has 3 rings (SSSR count). The fourth-order valence-electron chi connectivity index (χ4n) is 2.55. The molecule has 1 aromatic carbocycles. The number of aromatic nitrogens is 3. The highest BCUT2D eigenvalue weighted by Gasteiger charge is 2.15. The van der Waals surface area contributed by atoms with E-state index in [-0.39, 0.29) is 18.6 Å². The fourth-order valence-corrected chi connectivity index (χ4v) is 2.74. The molecule has 0 saturated heterocycles. The molecule has 0 bridgehead atoms. The summed E-state index contributed by atoms with van der Waals surface area (Å²) >= 11 is 6.07. The van der Waals surface area contributed by atoms with Gasteiger partial charge in [-0.05, 0) is 36.2 Å². The maximum Gasteiger partial charge on any atom is 0.225 e. The Bertz CT molecular complexity index is 889. The summed E-state index contributed by atoms with van der Waals surface area (Å²) in [7, 11) is 0. The maximum absolute atomic E-state index is 9.62. The molecule has 3 aromatic rings. The van der Waals surface area contributed by atoms with Gasteiger partial charge in [-0.15, -0.1) is 0 Å². The van der Waals surface area contributed by atoms with E-state index in [0.717, 1.165) is 16.9 Å². The molecule has 0 spiro atoms. The number of nitrogens with zero attached hydrogens (tertiary/aromatic N) is 3. The van der Waals surface area contributed by atoms with Crippen LogP contribution in [0.1, 0.15) is 13.8 Å². The second kappa shape index (κ2) is 8.79. The molecule has 0 saturated carbocycles. The molecule has 0 aliphatic rings. The van der Waals surface area contributed by atoms with Crippen LogP contribution in [0.3, 0.4) is 0 Å². The molecule has 2 heterocycles. The molecule has 0 amide bonds. The number of benzene rings is 1. The Labute approximate surface area is 163 Å². The van der Waals surface area contributed by atoms with Gasteiger partial charge in [0.15, 0.2) is 0 Å². The summed E-state index contributed by atoms with van der Waals surface area (Å²) < 4.78 is 0. The zero-order chi connectivity index (χ0) is 19.2. The average Bonchev–Trinajstić information content (AvgIpc) is 2.66. The van der Waals surface area contributed by atoms with Gasteiger partial charge in [0.1, 0.15) is 5.82 Å². The first kappa shape index (κ1) is 19.1. The molecule has 7 heteroatoms. The van der Waals surface area contributed by atoms with Crippen molar-refractivity contribution >= 4 is 29.1 Å². The van der Waals surface area contributed by atoms with Crippen molar-refractivity contribution in [2.45, 2.75) is 19.9 Å². The lowest BCUT2D eigenvalue weighted by Gasteiger charge is -2.20. The Balaban J connectivity index is 1.97. The highest BCUT2D eigenvalue weighted by Crippen LogP contribution is 2.25. The first-order valence-electron chi connectivity index (χ1n) is 8.74. The summed E-state index contributed by atoms with van der Waals surface area (Å²) in [6.07, 6.45) is 3.44. The summed E-state index contributed by atoms with van der Waals surface area (Å²) in [6.45, 7) is 4.06. The van der Waals surface area contributed by atoms with E-state index in [0.29, 0.717) is 16.8 Å². The lowest BCUT2D eigenvalue weighted by molar-refractivity contribution is 0.248. The van der Waals surface area contributed by atoms with Crippen LogP contribution >= 0.6 is 11.6 Å². The molecule has 2 aromatic heterocycles. The third kappa shape index (κ3) is 5.15. The van der Waals surface area contributed by atoms with Crippen molar-refractivity contribution in [2.75, 3.05) is 17.2 Å². The Morgan fingerprint density at radius 3 is 2.52 bits per heavy atom. The van der Waals surface area contributed by atoms with Crippen LogP contribution in [0.15, 0.2) is 54.9 Å².